The third kappa shape index (κ3) is 3.54. The topological polar surface area (TPSA) is 32.3 Å². The van der Waals surface area contributed by atoms with Crippen LogP contribution in [0.3, 0.4) is 0 Å². The molecule has 3 aliphatic rings. The summed E-state index contributed by atoms with van der Waals surface area (Å²) in [5, 5.41) is 3.45. The number of urea groups is 1. The van der Waals surface area contributed by atoms with Gasteiger partial charge < -0.3 is 10.2 Å². The predicted octanol–water partition coefficient (Wildman–Crippen LogP) is 4.18. The Morgan fingerprint density at radius 1 is 0.905 bits per heavy atom. The lowest BCUT2D eigenvalue weighted by Crippen LogP contribution is -2.51. The van der Waals surface area contributed by atoms with E-state index in [1.807, 2.05) is 11.9 Å². The van der Waals surface area contributed by atoms with Crippen molar-refractivity contribution in [1.82, 2.24) is 10.2 Å². The Hall–Kier alpha value is -0.730. The van der Waals surface area contributed by atoms with E-state index in [0.29, 0.717) is 12.1 Å². The second-order valence-electron chi connectivity index (χ2n) is 7.75. The van der Waals surface area contributed by atoms with Crippen LogP contribution in [0.4, 0.5) is 4.79 Å². The molecule has 3 fully saturated rings. The van der Waals surface area contributed by atoms with Crippen LogP contribution in [0.5, 0.6) is 0 Å². The van der Waals surface area contributed by atoms with Gasteiger partial charge in [-0.05, 0) is 63.2 Å². The molecular weight excluding hydrogens is 260 g/mol. The molecule has 0 heterocycles. The van der Waals surface area contributed by atoms with Crippen LogP contribution in [0.25, 0.3) is 0 Å². The first kappa shape index (κ1) is 15.2. The number of hydrogen-bond donors (Lipinski definition) is 1. The van der Waals surface area contributed by atoms with Gasteiger partial charge in [0.2, 0.25) is 0 Å². The molecule has 2 amide bonds. The van der Waals surface area contributed by atoms with Gasteiger partial charge in [-0.15, -0.1) is 0 Å². The van der Waals surface area contributed by atoms with Crippen LogP contribution >= 0.6 is 0 Å². The number of amides is 2. The number of nitrogens with zero attached hydrogens (tertiary/aromatic N) is 1. The molecule has 21 heavy (non-hydrogen) atoms. The first-order valence-corrected chi connectivity index (χ1v) is 9.20. The van der Waals surface area contributed by atoms with Crippen molar-refractivity contribution in [1.29, 1.82) is 0 Å². The van der Waals surface area contributed by atoms with Gasteiger partial charge in [-0.1, -0.05) is 25.7 Å². The van der Waals surface area contributed by atoms with Crippen molar-refractivity contribution < 1.29 is 4.79 Å². The van der Waals surface area contributed by atoms with Gasteiger partial charge in [-0.3, -0.25) is 0 Å². The van der Waals surface area contributed by atoms with E-state index in [1.165, 1.54) is 64.2 Å². The molecule has 0 spiro atoms. The summed E-state index contributed by atoms with van der Waals surface area (Å²) in [6.45, 7) is 2.21. The van der Waals surface area contributed by atoms with Crippen LogP contribution < -0.4 is 5.32 Å². The highest BCUT2D eigenvalue weighted by molar-refractivity contribution is 5.74. The van der Waals surface area contributed by atoms with Gasteiger partial charge in [0, 0.05) is 19.1 Å². The lowest BCUT2D eigenvalue weighted by atomic mass is 9.86. The molecule has 120 valence electrons. The zero-order valence-corrected chi connectivity index (χ0v) is 13.8. The van der Waals surface area contributed by atoms with E-state index >= 15 is 0 Å². The number of carbonyl (C=O) groups excluding carboxylic acids is 1. The summed E-state index contributed by atoms with van der Waals surface area (Å²) in [6, 6.07) is 1.02. The van der Waals surface area contributed by atoms with E-state index in [1.54, 1.807) is 0 Å². The molecule has 3 nitrogen and oxygen atoms in total. The summed E-state index contributed by atoms with van der Waals surface area (Å²) in [7, 11) is 1.98. The van der Waals surface area contributed by atoms with E-state index in [4.69, 9.17) is 0 Å². The SMILES string of the molecule is CC(C1CC1)N(C)C(=O)NC(C1CCCC1)C1CCCC1. The van der Waals surface area contributed by atoms with Gasteiger partial charge in [0.15, 0.2) is 0 Å². The molecule has 3 rings (SSSR count). The van der Waals surface area contributed by atoms with Gasteiger partial charge in [0.1, 0.15) is 0 Å². The Morgan fingerprint density at radius 3 is 1.81 bits per heavy atom. The molecule has 0 aromatic heterocycles. The molecule has 1 unspecified atom stereocenters. The Bertz CT molecular complexity index is 338. The molecule has 0 saturated heterocycles. The highest BCUT2D eigenvalue weighted by atomic mass is 16.2. The first-order valence-electron chi connectivity index (χ1n) is 9.20. The molecule has 3 heteroatoms. The summed E-state index contributed by atoms with van der Waals surface area (Å²) < 4.78 is 0. The van der Waals surface area contributed by atoms with E-state index in [0.717, 1.165) is 17.8 Å². The van der Waals surface area contributed by atoms with Gasteiger partial charge in [0.25, 0.3) is 0 Å². The monoisotopic (exact) mass is 292 g/mol. The van der Waals surface area contributed by atoms with Crippen molar-refractivity contribution in [2.45, 2.75) is 83.2 Å². The summed E-state index contributed by atoms with van der Waals surface area (Å²) in [6.07, 6.45) is 13.3. The molecule has 3 saturated carbocycles. The maximum absolute atomic E-state index is 12.7. The Labute approximate surface area is 129 Å². The third-order valence-corrected chi connectivity index (χ3v) is 6.34. The maximum atomic E-state index is 12.7. The molecule has 1 N–H and O–H groups in total. The van der Waals surface area contributed by atoms with E-state index in [2.05, 4.69) is 12.2 Å². The highest BCUT2D eigenvalue weighted by Crippen LogP contribution is 2.38. The summed E-state index contributed by atoms with van der Waals surface area (Å²) >= 11 is 0. The summed E-state index contributed by atoms with van der Waals surface area (Å²) in [5.41, 5.74) is 0. The predicted molar refractivity (Wildman–Crippen MR) is 86.2 cm³/mol. The number of nitrogens with one attached hydrogen (secondary N) is 1. The fraction of sp³-hybridized carbons (Fsp3) is 0.944. The third-order valence-electron chi connectivity index (χ3n) is 6.34. The van der Waals surface area contributed by atoms with Gasteiger partial charge >= 0.3 is 6.03 Å². The quantitative estimate of drug-likeness (QED) is 0.810. The van der Waals surface area contributed by atoms with E-state index in [9.17, 15) is 4.79 Å². The van der Waals surface area contributed by atoms with Crippen molar-refractivity contribution in [3.8, 4) is 0 Å². The van der Waals surface area contributed by atoms with Crippen molar-refractivity contribution >= 4 is 6.03 Å². The molecule has 0 aromatic carbocycles. The number of carbonyl (C=O) groups is 1. The van der Waals surface area contributed by atoms with E-state index in [-0.39, 0.29) is 6.03 Å². The molecule has 0 aromatic rings. The minimum Gasteiger partial charge on any atom is -0.335 e. The molecule has 3 aliphatic carbocycles. The van der Waals surface area contributed by atoms with Gasteiger partial charge in [0.05, 0.1) is 0 Å². The number of rotatable bonds is 5. The lowest BCUT2D eigenvalue weighted by Gasteiger charge is -2.33. The fourth-order valence-electron chi connectivity index (χ4n) is 4.58. The Balaban J connectivity index is 1.60. The first-order chi connectivity index (χ1) is 10.2. The van der Waals surface area contributed by atoms with Crippen LogP contribution in [-0.4, -0.2) is 30.1 Å². The standard InChI is InChI=1S/C18H32N2O/c1-13(14-11-12-14)20(2)18(21)19-17(15-7-3-4-8-15)16-9-5-6-10-16/h13-17H,3-12H2,1-2H3,(H,19,21). The minimum atomic E-state index is 0.179. The van der Waals surface area contributed by atoms with Crippen molar-refractivity contribution in [2.75, 3.05) is 7.05 Å². The lowest BCUT2D eigenvalue weighted by molar-refractivity contribution is 0.169. The average molecular weight is 292 g/mol. The minimum absolute atomic E-state index is 0.179. The number of hydrogen-bond acceptors (Lipinski definition) is 1. The molecule has 1 atom stereocenters. The largest absolute Gasteiger partial charge is 0.335 e. The molecular formula is C18H32N2O. The summed E-state index contributed by atoms with van der Waals surface area (Å²) in [5.74, 6) is 2.22. The molecule has 0 bridgehead atoms. The van der Waals surface area contributed by atoms with Crippen LogP contribution in [0.2, 0.25) is 0 Å². The molecule has 0 radical (unpaired) electrons. The second-order valence-corrected chi connectivity index (χ2v) is 7.75. The van der Waals surface area contributed by atoms with Crippen molar-refractivity contribution in [2.24, 2.45) is 17.8 Å². The van der Waals surface area contributed by atoms with Crippen LogP contribution in [0, 0.1) is 17.8 Å². The zero-order valence-electron chi connectivity index (χ0n) is 13.8. The zero-order chi connectivity index (χ0) is 14.8. The normalized spacial score (nSPS) is 25.5. The second kappa shape index (κ2) is 6.58. The smallest absolute Gasteiger partial charge is 0.317 e. The highest BCUT2D eigenvalue weighted by Gasteiger charge is 2.37. The van der Waals surface area contributed by atoms with Crippen LogP contribution in [0.1, 0.15) is 71.1 Å². The van der Waals surface area contributed by atoms with Crippen molar-refractivity contribution in [3.05, 3.63) is 0 Å². The molecule has 0 aliphatic heterocycles. The van der Waals surface area contributed by atoms with E-state index < -0.39 is 0 Å². The van der Waals surface area contributed by atoms with Crippen LogP contribution in [0.15, 0.2) is 0 Å². The average Bonchev–Trinajstić information content (AvgIpc) is 2.97. The summed E-state index contributed by atoms with van der Waals surface area (Å²) in [4.78, 5) is 14.6. The maximum Gasteiger partial charge on any atom is 0.317 e. The van der Waals surface area contributed by atoms with Gasteiger partial charge in [-0.2, -0.15) is 0 Å². The van der Waals surface area contributed by atoms with Crippen molar-refractivity contribution in [3.63, 3.8) is 0 Å². The van der Waals surface area contributed by atoms with Gasteiger partial charge in [-0.25, -0.2) is 4.79 Å². The Morgan fingerprint density at radius 2 is 1.38 bits per heavy atom. The van der Waals surface area contributed by atoms with Crippen LogP contribution in [-0.2, 0) is 0 Å². The Kier molecular flexibility index (Phi) is 4.75. The fourth-order valence-corrected chi connectivity index (χ4v) is 4.58.